The zero-order chi connectivity index (χ0) is 20.2. The highest BCUT2D eigenvalue weighted by Crippen LogP contribution is 2.33. The van der Waals surface area contributed by atoms with E-state index in [1.165, 1.54) is 11.2 Å². The van der Waals surface area contributed by atoms with Crippen molar-refractivity contribution in [1.82, 2.24) is 9.99 Å². The summed E-state index contributed by atoms with van der Waals surface area (Å²) in [5, 5.41) is 6.39. The number of furan rings is 1. The summed E-state index contributed by atoms with van der Waals surface area (Å²) in [6.07, 6.45) is 4.94. The third-order valence-corrected chi connectivity index (χ3v) is 4.69. The van der Waals surface area contributed by atoms with Crippen LogP contribution >= 0.6 is 11.6 Å². The van der Waals surface area contributed by atoms with Crippen molar-refractivity contribution in [3.05, 3.63) is 89.1 Å². The summed E-state index contributed by atoms with van der Waals surface area (Å²) in [6, 6.07) is 13.5. The first-order valence-corrected chi connectivity index (χ1v) is 9.25. The second kappa shape index (κ2) is 8.28. The highest BCUT2D eigenvalue weighted by Gasteiger charge is 2.35. The molecule has 0 bridgehead atoms. The molecule has 1 amide bonds. The van der Waals surface area contributed by atoms with Gasteiger partial charge >= 0.3 is 5.97 Å². The van der Waals surface area contributed by atoms with Crippen molar-refractivity contribution in [3.8, 4) is 0 Å². The van der Waals surface area contributed by atoms with E-state index in [4.69, 9.17) is 20.8 Å². The predicted molar refractivity (Wildman–Crippen MR) is 105 cm³/mol. The third kappa shape index (κ3) is 4.20. The average Bonchev–Trinajstić information content (AvgIpc) is 3.43. The minimum atomic E-state index is -0.623. The van der Waals surface area contributed by atoms with Crippen LogP contribution < -0.4 is 0 Å². The molecule has 0 fully saturated rings. The Hall–Kier alpha value is -3.45. The first-order chi connectivity index (χ1) is 14.1. The van der Waals surface area contributed by atoms with Crippen molar-refractivity contribution in [2.45, 2.75) is 12.5 Å². The third-order valence-electron chi connectivity index (χ3n) is 4.44. The SMILES string of the molecule is O=C(OCC(=O)N1N=C(c2ccc(Cl)cc2)CC1c1ccco1)c1cccnc1. The fraction of sp³-hybridized carbons (Fsp3) is 0.143. The van der Waals surface area contributed by atoms with Gasteiger partial charge in [0.25, 0.3) is 5.91 Å². The molecule has 7 nitrogen and oxygen atoms in total. The average molecular weight is 410 g/mol. The largest absolute Gasteiger partial charge is 0.467 e. The summed E-state index contributed by atoms with van der Waals surface area (Å²) in [7, 11) is 0. The van der Waals surface area contributed by atoms with E-state index in [0.717, 1.165) is 11.3 Å². The Morgan fingerprint density at radius 3 is 2.69 bits per heavy atom. The lowest BCUT2D eigenvalue weighted by atomic mass is 10.0. The van der Waals surface area contributed by atoms with Crippen LogP contribution in [0.1, 0.15) is 34.1 Å². The van der Waals surface area contributed by atoms with E-state index in [9.17, 15) is 9.59 Å². The Balaban J connectivity index is 1.52. The van der Waals surface area contributed by atoms with Crippen LogP contribution in [0.4, 0.5) is 0 Å². The van der Waals surface area contributed by atoms with Gasteiger partial charge in [-0.1, -0.05) is 23.7 Å². The number of carbonyl (C=O) groups excluding carboxylic acids is 2. The maximum absolute atomic E-state index is 12.8. The number of ether oxygens (including phenoxy) is 1. The molecule has 1 unspecified atom stereocenters. The summed E-state index contributed by atoms with van der Waals surface area (Å²) in [6.45, 7) is -0.442. The molecule has 1 aliphatic rings. The minimum absolute atomic E-state index is 0.273. The van der Waals surface area contributed by atoms with Crippen LogP contribution in [0.15, 0.2) is 76.7 Å². The Kier molecular flexibility index (Phi) is 5.39. The number of halogens is 1. The summed E-state index contributed by atoms with van der Waals surface area (Å²) in [4.78, 5) is 28.7. The van der Waals surface area contributed by atoms with Gasteiger partial charge in [0.1, 0.15) is 11.8 Å². The summed E-state index contributed by atoms with van der Waals surface area (Å²) in [5.41, 5.74) is 1.85. The molecular formula is C21H16ClN3O4. The van der Waals surface area contributed by atoms with Crippen molar-refractivity contribution in [3.63, 3.8) is 0 Å². The first-order valence-electron chi connectivity index (χ1n) is 8.88. The number of carbonyl (C=O) groups is 2. The van der Waals surface area contributed by atoms with Crippen molar-refractivity contribution in [1.29, 1.82) is 0 Å². The number of rotatable bonds is 5. The monoisotopic (exact) mass is 409 g/mol. The van der Waals surface area contributed by atoms with Crippen molar-refractivity contribution < 1.29 is 18.7 Å². The Morgan fingerprint density at radius 2 is 2.00 bits per heavy atom. The number of pyridine rings is 1. The minimum Gasteiger partial charge on any atom is -0.467 e. The zero-order valence-electron chi connectivity index (χ0n) is 15.2. The van der Waals surface area contributed by atoms with E-state index < -0.39 is 24.5 Å². The van der Waals surface area contributed by atoms with E-state index in [1.807, 2.05) is 12.1 Å². The van der Waals surface area contributed by atoms with Gasteiger partial charge in [0.2, 0.25) is 0 Å². The summed E-state index contributed by atoms with van der Waals surface area (Å²) < 4.78 is 10.6. The molecular weight excluding hydrogens is 394 g/mol. The molecule has 0 N–H and O–H groups in total. The van der Waals surface area contributed by atoms with Crippen LogP contribution in [0, 0.1) is 0 Å². The number of aromatic nitrogens is 1. The maximum atomic E-state index is 12.8. The molecule has 146 valence electrons. The second-order valence-electron chi connectivity index (χ2n) is 6.35. The molecule has 1 aliphatic heterocycles. The summed E-state index contributed by atoms with van der Waals surface area (Å²) in [5.74, 6) is -0.473. The molecule has 1 aromatic carbocycles. The van der Waals surface area contributed by atoms with Gasteiger partial charge in [0.15, 0.2) is 6.61 Å². The molecule has 3 heterocycles. The second-order valence-corrected chi connectivity index (χ2v) is 6.78. The van der Waals surface area contributed by atoms with Crippen LogP contribution in [-0.2, 0) is 9.53 Å². The molecule has 0 aliphatic carbocycles. The Morgan fingerprint density at radius 1 is 1.17 bits per heavy atom. The van der Waals surface area contributed by atoms with E-state index in [0.29, 0.717) is 17.2 Å². The molecule has 0 spiro atoms. The quantitative estimate of drug-likeness (QED) is 0.597. The van der Waals surface area contributed by atoms with Gasteiger partial charge in [0.05, 0.1) is 17.5 Å². The molecule has 2 aromatic heterocycles. The van der Waals surface area contributed by atoms with Crippen LogP contribution in [0.3, 0.4) is 0 Å². The molecule has 3 aromatic rings. The van der Waals surface area contributed by atoms with Crippen molar-refractivity contribution in [2.75, 3.05) is 6.61 Å². The smallest absolute Gasteiger partial charge is 0.340 e. The number of esters is 1. The van der Waals surface area contributed by atoms with Gasteiger partial charge in [-0.05, 0) is 42.0 Å². The molecule has 4 rings (SSSR count). The topological polar surface area (TPSA) is 85.0 Å². The number of hydrazone groups is 1. The Bertz CT molecular complexity index is 1030. The van der Waals surface area contributed by atoms with Crippen LogP contribution in [0.25, 0.3) is 0 Å². The predicted octanol–water partition coefficient (Wildman–Crippen LogP) is 3.86. The van der Waals surface area contributed by atoms with Gasteiger partial charge in [-0.15, -0.1) is 0 Å². The van der Waals surface area contributed by atoms with Gasteiger partial charge in [-0.2, -0.15) is 5.10 Å². The summed E-state index contributed by atoms with van der Waals surface area (Å²) >= 11 is 5.96. The van der Waals surface area contributed by atoms with E-state index >= 15 is 0 Å². The molecule has 0 radical (unpaired) electrons. The highest BCUT2D eigenvalue weighted by molar-refractivity contribution is 6.30. The molecule has 0 saturated carbocycles. The van der Waals surface area contributed by atoms with Crippen LogP contribution in [0.2, 0.25) is 5.02 Å². The number of benzene rings is 1. The Labute approximate surface area is 171 Å². The van der Waals surface area contributed by atoms with Gasteiger partial charge < -0.3 is 9.15 Å². The highest BCUT2D eigenvalue weighted by atomic mass is 35.5. The van der Waals surface area contributed by atoms with Gasteiger partial charge in [-0.25, -0.2) is 9.80 Å². The molecule has 8 heteroatoms. The van der Waals surface area contributed by atoms with E-state index in [-0.39, 0.29) is 5.56 Å². The van der Waals surface area contributed by atoms with E-state index in [1.54, 1.807) is 48.9 Å². The van der Waals surface area contributed by atoms with Crippen molar-refractivity contribution >= 4 is 29.2 Å². The zero-order valence-corrected chi connectivity index (χ0v) is 16.0. The first kappa shape index (κ1) is 18.9. The lowest BCUT2D eigenvalue weighted by molar-refractivity contribution is -0.136. The maximum Gasteiger partial charge on any atom is 0.340 e. The fourth-order valence-corrected chi connectivity index (χ4v) is 3.15. The number of amides is 1. The fourth-order valence-electron chi connectivity index (χ4n) is 3.02. The van der Waals surface area contributed by atoms with Crippen molar-refractivity contribution in [2.24, 2.45) is 5.10 Å². The van der Waals surface area contributed by atoms with Gasteiger partial charge in [0, 0.05) is 23.8 Å². The van der Waals surface area contributed by atoms with Crippen LogP contribution in [-0.4, -0.2) is 34.2 Å². The number of hydrogen-bond acceptors (Lipinski definition) is 6. The number of hydrogen-bond donors (Lipinski definition) is 0. The standard InChI is InChI=1S/C21H16ClN3O4/c22-16-7-5-14(6-8-16)17-11-18(19-4-2-10-28-19)25(24-17)20(26)13-29-21(27)15-3-1-9-23-12-15/h1-10,12,18H,11,13H2. The molecule has 1 atom stereocenters. The normalized spacial score (nSPS) is 15.8. The molecule has 0 saturated heterocycles. The lowest BCUT2D eigenvalue weighted by Crippen LogP contribution is -2.31. The lowest BCUT2D eigenvalue weighted by Gasteiger charge is -2.19. The van der Waals surface area contributed by atoms with Crippen LogP contribution in [0.5, 0.6) is 0 Å². The van der Waals surface area contributed by atoms with E-state index in [2.05, 4.69) is 10.1 Å². The van der Waals surface area contributed by atoms with Gasteiger partial charge in [-0.3, -0.25) is 9.78 Å². The number of nitrogens with zero attached hydrogens (tertiary/aromatic N) is 3. The molecule has 29 heavy (non-hydrogen) atoms.